The predicted octanol–water partition coefficient (Wildman–Crippen LogP) is 2.32. The highest BCUT2D eigenvalue weighted by Crippen LogP contribution is 2.44. The van der Waals surface area contributed by atoms with E-state index in [2.05, 4.69) is 17.1 Å². The number of esters is 1. The molecule has 1 N–H and O–H groups in total. The van der Waals surface area contributed by atoms with Gasteiger partial charge in [0.2, 0.25) is 0 Å². The van der Waals surface area contributed by atoms with Crippen molar-refractivity contribution in [3.05, 3.63) is 0 Å². The van der Waals surface area contributed by atoms with Gasteiger partial charge in [-0.1, -0.05) is 13.3 Å². The van der Waals surface area contributed by atoms with Crippen LogP contribution < -0.4 is 5.32 Å². The molecule has 0 aromatic carbocycles. The number of methoxy groups -OCH3 is 1. The van der Waals surface area contributed by atoms with Crippen LogP contribution in [-0.4, -0.2) is 48.7 Å². The summed E-state index contributed by atoms with van der Waals surface area (Å²) in [7, 11) is 1.54. The summed E-state index contributed by atoms with van der Waals surface area (Å²) in [5.41, 5.74) is -0.438. The van der Waals surface area contributed by atoms with E-state index in [0.29, 0.717) is 18.0 Å². The fraction of sp³-hybridized carbons (Fsp3) is 0.941. The first kappa shape index (κ1) is 15.3. The zero-order chi connectivity index (χ0) is 14.9. The topological polar surface area (TPSA) is 41.6 Å². The zero-order valence-electron chi connectivity index (χ0n) is 13.6. The van der Waals surface area contributed by atoms with Crippen LogP contribution in [0.1, 0.15) is 58.3 Å². The van der Waals surface area contributed by atoms with Gasteiger partial charge in [0.05, 0.1) is 7.11 Å². The van der Waals surface area contributed by atoms with Crippen molar-refractivity contribution in [1.29, 1.82) is 0 Å². The molecule has 3 fully saturated rings. The number of hydrogen-bond acceptors (Lipinski definition) is 4. The number of rotatable bonds is 10. The standard InChI is InChI=1S/C17H30N2O2/c1-3-4-11-19(15-9-10-15)12-17(13-5-6-13,16(20)21-2)18-14-7-8-14/h13-15,18H,3-12H2,1-2H3. The maximum atomic E-state index is 12.6. The van der Waals surface area contributed by atoms with Crippen LogP contribution in [0, 0.1) is 5.92 Å². The number of nitrogens with one attached hydrogen (secondary N) is 1. The maximum absolute atomic E-state index is 12.6. The third kappa shape index (κ3) is 3.59. The molecule has 3 rings (SSSR count). The summed E-state index contributed by atoms with van der Waals surface area (Å²) in [6.07, 6.45) is 9.80. The average Bonchev–Trinajstić information content (AvgIpc) is 3.31. The molecular formula is C17H30N2O2. The molecule has 21 heavy (non-hydrogen) atoms. The van der Waals surface area contributed by atoms with Crippen molar-refractivity contribution in [2.24, 2.45) is 5.92 Å². The van der Waals surface area contributed by atoms with Gasteiger partial charge in [0.1, 0.15) is 5.54 Å². The first-order chi connectivity index (χ1) is 10.2. The van der Waals surface area contributed by atoms with E-state index in [1.165, 1.54) is 51.4 Å². The van der Waals surface area contributed by atoms with E-state index < -0.39 is 5.54 Å². The summed E-state index contributed by atoms with van der Waals surface area (Å²) in [6.45, 7) is 4.21. The molecule has 0 aromatic rings. The Hall–Kier alpha value is -0.610. The minimum absolute atomic E-state index is 0.0287. The molecule has 0 bridgehead atoms. The van der Waals surface area contributed by atoms with Gasteiger partial charge in [-0.25, -0.2) is 4.79 Å². The predicted molar refractivity (Wildman–Crippen MR) is 83.1 cm³/mol. The molecule has 0 aromatic heterocycles. The van der Waals surface area contributed by atoms with E-state index in [9.17, 15) is 4.79 Å². The Balaban J connectivity index is 1.73. The molecule has 0 spiro atoms. The molecule has 0 heterocycles. The lowest BCUT2D eigenvalue weighted by atomic mass is 9.91. The fourth-order valence-electron chi connectivity index (χ4n) is 3.44. The highest BCUT2D eigenvalue weighted by Gasteiger charge is 2.55. The Labute approximate surface area is 128 Å². The lowest BCUT2D eigenvalue weighted by Gasteiger charge is -2.37. The van der Waals surface area contributed by atoms with E-state index >= 15 is 0 Å². The van der Waals surface area contributed by atoms with Crippen molar-refractivity contribution >= 4 is 5.97 Å². The summed E-state index contributed by atoms with van der Waals surface area (Å²) >= 11 is 0. The molecule has 3 aliphatic rings. The Morgan fingerprint density at radius 1 is 1.24 bits per heavy atom. The molecule has 0 aliphatic heterocycles. The van der Waals surface area contributed by atoms with Crippen molar-refractivity contribution in [3.8, 4) is 0 Å². The van der Waals surface area contributed by atoms with Gasteiger partial charge < -0.3 is 4.74 Å². The lowest BCUT2D eigenvalue weighted by molar-refractivity contribution is -0.151. The summed E-state index contributed by atoms with van der Waals surface area (Å²) in [6, 6.07) is 1.25. The third-order valence-corrected chi connectivity index (χ3v) is 5.18. The maximum Gasteiger partial charge on any atom is 0.327 e. The van der Waals surface area contributed by atoms with Crippen molar-refractivity contribution in [2.45, 2.75) is 75.9 Å². The number of ether oxygens (including phenoxy) is 1. The van der Waals surface area contributed by atoms with Crippen LogP contribution in [0.5, 0.6) is 0 Å². The second kappa shape index (κ2) is 6.25. The first-order valence-corrected chi connectivity index (χ1v) is 8.79. The number of unbranched alkanes of at least 4 members (excludes halogenated alkanes) is 1. The molecule has 0 radical (unpaired) electrons. The van der Waals surface area contributed by atoms with Crippen LogP contribution in [-0.2, 0) is 9.53 Å². The minimum Gasteiger partial charge on any atom is -0.468 e. The van der Waals surface area contributed by atoms with Crippen LogP contribution in [0.25, 0.3) is 0 Å². The Morgan fingerprint density at radius 2 is 1.95 bits per heavy atom. The van der Waals surface area contributed by atoms with Gasteiger partial charge in [0.15, 0.2) is 0 Å². The van der Waals surface area contributed by atoms with Gasteiger partial charge in [0.25, 0.3) is 0 Å². The van der Waals surface area contributed by atoms with Gasteiger partial charge in [-0.3, -0.25) is 10.2 Å². The summed E-state index contributed by atoms with van der Waals surface area (Å²) in [4.78, 5) is 15.2. The van der Waals surface area contributed by atoms with Crippen LogP contribution in [0.3, 0.4) is 0 Å². The normalized spacial score (nSPS) is 24.9. The van der Waals surface area contributed by atoms with Crippen molar-refractivity contribution < 1.29 is 9.53 Å². The highest BCUT2D eigenvalue weighted by molar-refractivity contribution is 5.82. The second-order valence-electron chi connectivity index (χ2n) is 7.21. The van der Waals surface area contributed by atoms with Crippen LogP contribution in [0.2, 0.25) is 0 Å². The average molecular weight is 294 g/mol. The number of hydrogen-bond donors (Lipinski definition) is 1. The second-order valence-corrected chi connectivity index (χ2v) is 7.21. The first-order valence-electron chi connectivity index (χ1n) is 8.79. The third-order valence-electron chi connectivity index (χ3n) is 5.18. The number of carbonyl (C=O) groups excluding carboxylic acids is 1. The molecule has 3 aliphatic carbocycles. The van der Waals surface area contributed by atoms with Gasteiger partial charge in [0, 0.05) is 18.6 Å². The largest absolute Gasteiger partial charge is 0.468 e. The fourth-order valence-corrected chi connectivity index (χ4v) is 3.44. The Bertz CT molecular complexity index is 375. The molecular weight excluding hydrogens is 264 g/mol. The molecule has 4 nitrogen and oxygen atoms in total. The van der Waals surface area contributed by atoms with Gasteiger partial charge in [-0.2, -0.15) is 0 Å². The zero-order valence-corrected chi connectivity index (χ0v) is 13.6. The van der Waals surface area contributed by atoms with Gasteiger partial charge in [-0.15, -0.1) is 0 Å². The molecule has 1 atom stereocenters. The van der Waals surface area contributed by atoms with E-state index in [4.69, 9.17) is 4.74 Å². The van der Waals surface area contributed by atoms with E-state index in [-0.39, 0.29) is 5.97 Å². The summed E-state index contributed by atoms with van der Waals surface area (Å²) in [5, 5.41) is 3.69. The van der Waals surface area contributed by atoms with Crippen LogP contribution >= 0.6 is 0 Å². The monoisotopic (exact) mass is 294 g/mol. The molecule has 1 unspecified atom stereocenters. The van der Waals surface area contributed by atoms with Gasteiger partial charge >= 0.3 is 5.97 Å². The molecule has 0 saturated heterocycles. The van der Waals surface area contributed by atoms with Crippen molar-refractivity contribution in [2.75, 3.05) is 20.2 Å². The van der Waals surface area contributed by atoms with Crippen LogP contribution in [0.15, 0.2) is 0 Å². The molecule has 0 amide bonds. The lowest BCUT2D eigenvalue weighted by Crippen LogP contribution is -2.62. The van der Waals surface area contributed by atoms with Gasteiger partial charge in [-0.05, 0) is 57.4 Å². The SMILES string of the molecule is CCCCN(CC(NC1CC1)(C(=O)OC)C1CC1)C1CC1. The quantitative estimate of drug-likeness (QED) is 0.628. The molecule has 120 valence electrons. The highest BCUT2D eigenvalue weighted by atomic mass is 16.5. The molecule has 3 saturated carbocycles. The number of nitrogens with zero attached hydrogens (tertiary/aromatic N) is 1. The van der Waals surface area contributed by atoms with E-state index in [0.717, 1.165) is 13.1 Å². The van der Waals surface area contributed by atoms with Crippen molar-refractivity contribution in [3.63, 3.8) is 0 Å². The number of carbonyl (C=O) groups is 1. The Kier molecular flexibility index (Phi) is 4.55. The van der Waals surface area contributed by atoms with E-state index in [1.54, 1.807) is 7.11 Å². The Morgan fingerprint density at radius 3 is 2.43 bits per heavy atom. The van der Waals surface area contributed by atoms with Crippen LogP contribution in [0.4, 0.5) is 0 Å². The smallest absolute Gasteiger partial charge is 0.327 e. The molecule has 4 heteroatoms. The summed E-state index contributed by atoms with van der Waals surface area (Å²) < 4.78 is 5.22. The van der Waals surface area contributed by atoms with E-state index in [1.807, 2.05) is 0 Å². The minimum atomic E-state index is -0.438. The summed E-state index contributed by atoms with van der Waals surface area (Å²) in [5.74, 6) is 0.451. The van der Waals surface area contributed by atoms with Crippen molar-refractivity contribution in [1.82, 2.24) is 10.2 Å².